The fourth-order valence-corrected chi connectivity index (χ4v) is 3.43. The summed E-state index contributed by atoms with van der Waals surface area (Å²) in [4.78, 5) is 30.0. The van der Waals surface area contributed by atoms with Gasteiger partial charge in [0.15, 0.2) is 0 Å². The number of benzene rings is 1. The number of aryl methyl sites for hydroxylation is 1. The number of esters is 1. The van der Waals surface area contributed by atoms with Gasteiger partial charge in [-0.1, -0.05) is 55.5 Å². The first-order valence-corrected chi connectivity index (χ1v) is 10.9. The molecular weight excluding hydrogens is 400 g/mol. The first kappa shape index (κ1) is 23.2. The number of nitrogens with zero attached hydrogens (tertiary/aromatic N) is 1. The Bertz CT molecular complexity index is 1110. The minimum atomic E-state index is -0.735. The second kappa shape index (κ2) is 9.77. The molecule has 0 radical (unpaired) electrons. The lowest BCUT2D eigenvalue weighted by Crippen LogP contribution is -2.32. The zero-order chi connectivity index (χ0) is 23.3. The molecule has 0 spiro atoms. The smallest absolute Gasteiger partial charge is 0.338 e. The zero-order valence-electron chi connectivity index (χ0n) is 19.3. The van der Waals surface area contributed by atoms with E-state index in [1.165, 1.54) is 0 Å². The van der Waals surface area contributed by atoms with Gasteiger partial charge in [0.1, 0.15) is 5.82 Å². The second-order valence-corrected chi connectivity index (χ2v) is 8.47. The number of ether oxygens (including phenoxy) is 1. The first-order chi connectivity index (χ1) is 15.2. The van der Waals surface area contributed by atoms with Crippen molar-refractivity contribution >= 4 is 17.7 Å². The van der Waals surface area contributed by atoms with Gasteiger partial charge in [-0.3, -0.25) is 4.79 Å². The average Bonchev–Trinajstić information content (AvgIpc) is 3.00. The summed E-state index contributed by atoms with van der Waals surface area (Å²) in [6.07, 6.45) is 10.2. The molecule has 1 aliphatic rings. The van der Waals surface area contributed by atoms with Gasteiger partial charge in [0.2, 0.25) is 5.91 Å². The summed E-state index contributed by atoms with van der Waals surface area (Å²) >= 11 is 0. The van der Waals surface area contributed by atoms with Gasteiger partial charge in [0.25, 0.3) is 0 Å². The van der Waals surface area contributed by atoms with Crippen molar-refractivity contribution < 1.29 is 14.3 Å². The molecular formula is C27H30N2O3. The molecule has 1 aromatic heterocycles. The van der Waals surface area contributed by atoms with E-state index in [-0.39, 0.29) is 11.9 Å². The number of nitrogens with one attached hydrogen (secondary N) is 1. The van der Waals surface area contributed by atoms with Crippen molar-refractivity contribution in [3.63, 3.8) is 0 Å². The fraction of sp³-hybridized carbons (Fsp3) is 0.296. The topological polar surface area (TPSA) is 68.3 Å². The van der Waals surface area contributed by atoms with Gasteiger partial charge in [-0.2, -0.15) is 0 Å². The summed E-state index contributed by atoms with van der Waals surface area (Å²) in [6, 6.07) is 10.9. The fourth-order valence-electron chi connectivity index (χ4n) is 3.43. The maximum atomic E-state index is 13.2. The third kappa shape index (κ3) is 5.22. The number of amides is 1. The maximum absolute atomic E-state index is 13.2. The number of aromatic nitrogens is 1. The minimum Gasteiger partial charge on any atom is -0.462 e. The molecule has 0 fully saturated rings. The summed E-state index contributed by atoms with van der Waals surface area (Å²) in [7, 11) is 0. The van der Waals surface area contributed by atoms with Crippen LogP contribution in [0.4, 0.5) is 5.82 Å². The summed E-state index contributed by atoms with van der Waals surface area (Å²) < 4.78 is 5.10. The van der Waals surface area contributed by atoms with Crippen LogP contribution in [-0.4, -0.2) is 23.5 Å². The van der Waals surface area contributed by atoms with E-state index >= 15 is 0 Å². The molecule has 1 N–H and O–H groups in total. The molecule has 1 heterocycles. The summed E-state index contributed by atoms with van der Waals surface area (Å²) in [5.74, 6) is 0.284. The lowest BCUT2D eigenvalue weighted by atomic mass is 9.82. The van der Waals surface area contributed by atoms with Gasteiger partial charge in [0, 0.05) is 5.56 Å². The van der Waals surface area contributed by atoms with Gasteiger partial charge in [-0.15, -0.1) is 0 Å². The third-order valence-corrected chi connectivity index (χ3v) is 5.54. The highest BCUT2D eigenvalue weighted by molar-refractivity contribution is 5.97. The van der Waals surface area contributed by atoms with Crippen LogP contribution in [-0.2, 0) is 9.53 Å². The first-order valence-electron chi connectivity index (χ1n) is 10.9. The van der Waals surface area contributed by atoms with Crippen molar-refractivity contribution in [2.75, 3.05) is 11.9 Å². The molecule has 5 nitrogen and oxygen atoms in total. The Morgan fingerprint density at radius 1 is 1.16 bits per heavy atom. The Morgan fingerprint density at radius 3 is 2.69 bits per heavy atom. The van der Waals surface area contributed by atoms with Crippen LogP contribution in [0.25, 0.3) is 11.3 Å². The summed E-state index contributed by atoms with van der Waals surface area (Å²) in [5.41, 5.74) is 3.10. The lowest BCUT2D eigenvalue weighted by Gasteiger charge is -2.25. The van der Waals surface area contributed by atoms with E-state index < -0.39 is 5.41 Å². The standard InChI is InChI=1S/C27H30N2O3/c1-6-32-25(30)21-11-8-10-20(17-21)24-19(3)14-16-23(28-24)29-26(31)27(4,5)22-12-7-9-18(2)13-15-22/h7-18H,6H2,1-5H3,(H,28,29,31)/t18-/m1/s1. The molecule has 166 valence electrons. The van der Waals surface area contributed by atoms with Gasteiger partial charge in [-0.05, 0) is 62.9 Å². The Balaban J connectivity index is 1.86. The highest BCUT2D eigenvalue weighted by Crippen LogP contribution is 2.31. The monoisotopic (exact) mass is 430 g/mol. The number of anilines is 1. The molecule has 5 heteroatoms. The SMILES string of the molecule is CCOC(=O)c1cccc(-c2nc(NC(=O)C(C)(C)C3=CC=C[C@@H](C)C=C3)ccc2C)c1. The van der Waals surface area contributed by atoms with Gasteiger partial charge < -0.3 is 10.1 Å². The number of allylic oxidation sites excluding steroid dienone is 5. The predicted molar refractivity (Wildman–Crippen MR) is 128 cm³/mol. The van der Waals surface area contributed by atoms with E-state index in [9.17, 15) is 9.59 Å². The Morgan fingerprint density at radius 2 is 1.94 bits per heavy atom. The van der Waals surface area contributed by atoms with Crippen molar-refractivity contribution in [3.05, 3.63) is 83.5 Å². The molecule has 0 bridgehead atoms. The van der Waals surface area contributed by atoms with Crippen molar-refractivity contribution in [1.29, 1.82) is 0 Å². The van der Waals surface area contributed by atoms with E-state index in [0.29, 0.717) is 29.6 Å². The van der Waals surface area contributed by atoms with Crippen LogP contribution in [0.15, 0.2) is 72.4 Å². The number of rotatable bonds is 6. The number of pyridine rings is 1. The molecule has 0 saturated carbocycles. The lowest BCUT2D eigenvalue weighted by molar-refractivity contribution is -0.122. The van der Waals surface area contributed by atoms with E-state index in [0.717, 1.165) is 16.7 Å². The number of hydrogen-bond acceptors (Lipinski definition) is 4. The normalized spacial score (nSPS) is 15.7. The maximum Gasteiger partial charge on any atom is 0.338 e. The summed E-state index contributed by atoms with van der Waals surface area (Å²) in [6.45, 7) is 9.95. The predicted octanol–water partition coefficient (Wildman–Crippen LogP) is 5.89. The molecule has 0 unspecified atom stereocenters. The van der Waals surface area contributed by atoms with Crippen LogP contribution in [0.2, 0.25) is 0 Å². The highest BCUT2D eigenvalue weighted by atomic mass is 16.5. The van der Waals surface area contributed by atoms with Crippen molar-refractivity contribution in [1.82, 2.24) is 4.98 Å². The van der Waals surface area contributed by atoms with Crippen LogP contribution in [0.1, 0.15) is 43.6 Å². The van der Waals surface area contributed by atoms with Crippen LogP contribution in [0.5, 0.6) is 0 Å². The van der Waals surface area contributed by atoms with E-state index in [1.54, 1.807) is 31.2 Å². The zero-order valence-corrected chi connectivity index (χ0v) is 19.3. The molecule has 1 aliphatic carbocycles. The van der Waals surface area contributed by atoms with Crippen LogP contribution < -0.4 is 5.32 Å². The van der Waals surface area contributed by atoms with Gasteiger partial charge in [0.05, 0.1) is 23.3 Å². The Labute approximate surface area is 189 Å². The quantitative estimate of drug-likeness (QED) is 0.581. The third-order valence-electron chi connectivity index (χ3n) is 5.54. The molecule has 3 rings (SSSR count). The molecule has 1 amide bonds. The second-order valence-electron chi connectivity index (χ2n) is 8.47. The van der Waals surface area contributed by atoms with Crippen molar-refractivity contribution in [2.45, 2.75) is 34.6 Å². The van der Waals surface area contributed by atoms with Gasteiger partial charge in [-0.25, -0.2) is 9.78 Å². The largest absolute Gasteiger partial charge is 0.462 e. The Hall–Kier alpha value is -3.47. The highest BCUT2D eigenvalue weighted by Gasteiger charge is 2.31. The molecule has 2 aromatic rings. The molecule has 0 aliphatic heterocycles. The van der Waals surface area contributed by atoms with Crippen LogP contribution in [0, 0.1) is 18.3 Å². The van der Waals surface area contributed by atoms with E-state index in [4.69, 9.17) is 4.74 Å². The van der Waals surface area contributed by atoms with Gasteiger partial charge >= 0.3 is 5.97 Å². The molecule has 1 atom stereocenters. The Kier molecular flexibility index (Phi) is 7.08. The van der Waals surface area contributed by atoms with Crippen molar-refractivity contribution in [2.24, 2.45) is 11.3 Å². The van der Waals surface area contributed by atoms with E-state index in [1.807, 2.05) is 51.1 Å². The minimum absolute atomic E-state index is 0.140. The molecule has 32 heavy (non-hydrogen) atoms. The number of carbonyl (C=O) groups is 2. The van der Waals surface area contributed by atoms with E-state index in [2.05, 4.69) is 29.4 Å². The average molecular weight is 431 g/mol. The molecule has 1 aromatic carbocycles. The van der Waals surface area contributed by atoms with Crippen LogP contribution >= 0.6 is 0 Å². The molecule has 0 saturated heterocycles. The van der Waals surface area contributed by atoms with Crippen molar-refractivity contribution in [3.8, 4) is 11.3 Å². The number of carbonyl (C=O) groups excluding carboxylic acids is 2. The summed E-state index contributed by atoms with van der Waals surface area (Å²) in [5, 5.41) is 2.97. The van der Waals surface area contributed by atoms with Crippen LogP contribution in [0.3, 0.4) is 0 Å². The number of hydrogen-bond donors (Lipinski definition) is 1.